The first-order chi connectivity index (χ1) is 13.9. The predicted molar refractivity (Wildman–Crippen MR) is 101 cm³/mol. The topological polar surface area (TPSA) is 164 Å². The molecule has 11 nitrogen and oxygen atoms in total. The minimum atomic E-state index is -0.292. The van der Waals surface area contributed by atoms with Crippen molar-refractivity contribution in [1.29, 1.82) is 0 Å². The van der Waals surface area contributed by atoms with E-state index in [1.165, 1.54) is 31.5 Å². The second-order valence-corrected chi connectivity index (χ2v) is 6.11. The minimum Gasteiger partial charge on any atom is -0.506 e. The summed E-state index contributed by atoms with van der Waals surface area (Å²) < 4.78 is 0. The lowest BCUT2D eigenvalue weighted by atomic mass is 10.2. The number of nitrogens with one attached hydrogen (secondary N) is 1. The van der Waals surface area contributed by atoms with Gasteiger partial charge in [-0.2, -0.15) is 0 Å². The van der Waals surface area contributed by atoms with E-state index < -0.39 is 0 Å². The molecule has 0 saturated heterocycles. The molecule has 0 aliphatic rings. The second-order valence-electron chi connectivity index (χ2n) is 6.11. The smallest absolute Gasteiger partial charge is 0.225 e. The van der Waals surface area contributed by atoms with Crippen LogP contribution in [0, 0.1) is 0 Å². The van der Waals surface area contributed by atoms with Gasteiger partial charge < -0.3 is 20.3 Å². The van der Waals surface area contributed by atoms with Crippen LogP contribution in [0.5, 0.6) is 11.5 Å². The molecule has 3 N–H and O–H groups in total. The van der Waals surface area contributed by atoms with Gasteiger partial charge in [0.25, 0.3) is 0 Å². The van der Waals surface area contributed by atoms with Crippen molar-refractivity contribution < 1.29 is 19.8 Å². The number of hydrogen-bond donors (Lipinski definition) is 3. The molecule has 0 bridgehead atoms. The van der Waals surface area contributed by atoms with Crippen LogP contribution >= 0.6 is 0 Å². The maximum Gasteiger partial charge on any atom is 0.225 e. The van der Waals surface area contributed by atoms with Gasteiger partial charge in [0.15, 0.2) is 11.4 Å². The molecule has 0 atom stereocenters. The molecule has 1 amide bonds. The monoisotopic (exact) mass is 395 g/mol. The van der Waals surface area contributed by atoms with E-state index >= 15 is 0 Å². The lowest BCUT2D eigenvalue weighted by molar-refractivity contribution is -0.117. The molecule has 0 fully saturated rings. The zero-order chi connectivity index (χ0) is 20.8. The molecule has 3 heterocycles. The summed E-state index contributed by atoms with van der Waals surface area (Å²) in [7, 11) is 0. The number of Topliss-reactive ketones (excluding diaryl/α,β-unsaturated/α-hetero) is 1. The Balaban J connectivity index is 1.71. The largest absolute Gasteiger partial charge is 0.506 e. The fraction of sp³-hybridized carbons (Fsp3) is 0.222. The van der Waals surface area contributed by atoms with Crippen LogP contribution in [-0.2, 0) is 9.59 Å². The van der Waals surface area contributed by atoms with E-state index in [0.717, 1.165) is 0 Å². The third kappa shape index (κ3) is 5.03. The van der Waals surface area contributed by atoms with Gasteiger partial charge in [-0.3, -0.25) is 4.79 Å². The fourth-order valence-electron chi connectivity index (χ4n) is 2.40. The summed E-state index contributed by atoms with van der Waals surface area (Å²) in [6.45, 7) is 1.47. The van der Waals surface area contributed by atoms with Crippen molar-refractivity contribution >= 4 is 17.4 Å². The Labute approximate surface area is 164 Å². The quantitative estimate of drug-likeness (QED) is 0.534. The number of ketones is 1. The Hall–Kier alpha value is -4.02. The number of pyridine rings is 2. The second kappa shape index (κ2) is 8.78. The van der Waals surface area contributed by atoms with Crippen molar-refractivity contribution in [2.24, 2.45) is 0 Å². The number of hydrogen-bond acceptors (Lipinski definition) is 10. The Morgan fingerprint density at radius 3 is 2.21 bits per heavy atom. The molecular formula is C18H17N7O4. The van der Waals surface area contributed by atoms with Crippen molar-refractivity contribution in [3.63, 3.8) is 0 Å². The molecule has 148 valence electrons. The van der Waals surface area contributed by atoms with Gasteiger partial charge in [-0.05, 0) is 25.5 Å². The molecule has 0 aliphatic carbocycles. The molecular weight excluding hydrogens is 378 g/mol. The maximum atomic E-state index is 11.9. The summed E-state index contributed by atoms with van der Waals surface area (Å²) in [6, 6.07) is 4.28. The SMILES string of the molecule is CC(=O)CCCC(=O)Nc1cnc(-c2nnc(-c3ncccc3O)nn2)c(O)c1. The van der Waals surface area contributed by atoms with Crippen LogP contribution in [0.1, 0.15) is 26.2 Å². The van der Waals surface area contributed by atoms with E-state index in [0.29, 0.717) is 12.8 Å². The highest BCUT2D eigenvalue weighted by Crippen LogP contribution is 2.27. The standard InChI is InChI=1S/C18H17N7O4/c1-10(26)4-2-6-14(29)21-11-8-13(28)16(20-9-11)18-24-22-17(23-25-18)15-12(27)5-3-7-19-15/h3,5,7-9,27-28H,2,4,6H2,1H3,(H,21,29). The van der Waals surface area contributed by atoms with Crippen LogP contribution in [0.4, 0.5) is 5.69 Å². The zero-order valence-electron chi connectivity index (χ0n) is 15.4. The van der Waals surface area contributed by atoms with Gasteiger partial charge in [-0.25, -0.2) is 9.97 Å². The van der Waals surface area contributed by atoms with Gasteiger partial charge in [0.1, 0.15) is 17.3 Å². The minimum absolute atomic E-state index is 0.0146. The number of carbonyl (C=O) groups is 2. The lowest BCUT2D eigenvalue weighted by Gasteiger charge is -2.07. The molecule has 3 rings (SSSR count). The molecule has 29 heavy (non-hydrogen) atoms. The summed E-state index contributed by atoms with van der Waals surface area (Å²) in [4.78, 5) is 30.8. The van der Waals surface area contributed by atoms with Crippen molar-refractivity contribution in [2.45, 2.75) is 26.2 Å². The maximum absolute atomic E-state index is 11.9. The third-order valence-electron chi connectivity index (χ3n) is 3.77. The molecule has 0 aromatic carbocycles. The fourth-order valence-corrected chi connectivity index (χ4v) is 2.40. The third-order valence-corrected chi connectivity index (χ3v) is 3.77. The Kier molecular flexibility index (Phi) is 5.97. The number of rotatable bonds is 7. The average Bonchev–Trinajstić information content (AvgIpc) is 2.68. The molecule has 0 spiro atoms. The molecule has 3 aromatic rings. The summed E-state index contributed by atoms with van der Waals surface area (Å²) >= 11 is 0. The summed E-state index contributed by atoms with van der Waals surface area (Å²) in [5.41, 5.74) is 0.436. The highest BCUT2D eigenvalue weighted by atomic mass is 16.3. The van der Waals surface area contributed by atoms with Gasteiger partial charge in [-0.15, -0.1) is 20.4 Å². The van der Waals surface area contributed by atoms with E-state index in [1.807, 2.05) is 0 Å². The summed E-state index contributed by atoms with van der Waals surface area (Å²) in [5.74, 6) is -0.689. The Morgan fingerprint density at radius 2 is 1.62 bits per heavy atom. The first-order valence-corrected chi connectivity index (χ1v) is 8.64. The van der Waals surface area contributed by atoms with Crippen molar-refractivity contribution in [3.8, 4) is 34.5 Å². The first kappa shape index (κ1) is 19.7. The molecule has 0 aliphatic heterocycles. The molecule has 0 saturated carbocycles. The van der Waals surface area contributed by atoms with Crippen LogP contribution in [0.3, 0.4) is 0 Å². The van der Waals surface area contributed by atoms with E-state index in [-0.39, 0.29) is 58.3 Å². The van der Waals surface area contributed by atoms with Gasteiger partial charge in [0, 0.05) is 25.1 Å². The van der Waals surface area contributed by atoms with Crippen molar-refractivity contribution in [3.05, 3.63) is 30.6 Å². The lowest BCUT2D eigenvalue weighted by Crippen LogP contribution is -2.12. The van der Waals surface area contributed by atoms with Crippen LogP contribution < -0.4 is 5.32 Å². The molecule has 11 heteroatoms. The molecule has 3 aromatic heterocycles. The van der Waals surface area contributed by atoms with Crippen molar-refractivity contribution in [1.82, 2.24) is 30.4 Å². The van der Waals surface area contributed by atoms with Crippen LogP contribution in [0.2, 0.25) is 0 Å². The summed E-state index contributed by atoms with van der Waals surface area (Å²) in [5, 5.41) is 38.0. The van der Waals surface area contributed by atoms with E-state index in [2.05, 4.69) is 35.7 Å². The number of carbonyl (C=O) groups excluding carboxylic acids is 2. The average molecular weight is 395 g/mol. The van der Waals surface area contributed by atoms with E-state index in [9.17, 15) is 19.8 Å². The highest BCUT2D eigenvalue weighted by molar-refractivity contribution is 5.91. The predicted octanol–water partition coefficient (Wildman–Crippen LogP) is 1.50. The van der Waals surface area contributed by atoms with Gasteiger partial charge in [0.05, 0.1) is 11.9 Å². The number of amides is 1. The Morgan fingerprint density at radius 1 is 0.966 bits per heavy atom. The van der Waals surface area contributed by atoms with Crippen molar-refractivity contribution in [2.75, 3.05) is 5.32 Å². The first-order valence-electron chi connectivity index (χ1n) is 8.64. The zero-order valence-corrected chi connectivity index (χ0v) is 15.4. The molecule has 0 radical (unpaired) electrons. The van der Waals surface area contributed by atoms with E-state index in [4.69, 9.17) is 0 Å². The summed E-state index contributed by atoms with van der Waals surface area (Å²) in [6.07, 6.45) is 3.76. The van der Waals surface area contributed by atoms with Crippen LogP contribution in [0.15, 0.2) is 30.6 Å². The Bertz CT molecular complexity index is 1040. The van der Waals surface area contributed by atoms with E-state index in [1.54, 1.807) is 6.07 Å². The molecule has 0 unspecified atom stereocenters. The number of aromatic hydroxyl groups is 2. The number of aromatic nitrogens is 6. The van der Waals surface area contributed by atoms with Crippen LogP contribution in [-0.4, -0.2) is 52.3 Å². The van der Waals surface area contributed by atoms with Gasteiger partial charge in [-0.1, -0.05) is 0 Å². The van der Waals surface area contributed by atoms with Gasteiger partial charge >= 0.3 is 0 Å². The number of anilines is 1. The van der Waals surface area contributed by atoms with Gasteiger partial charge in [0.2, 0.25) is 17.6 Å². The van der Waals surface area contributed by atoms with Crippen LogP contribution in [0.25, 0.3) is 23.0 Å². The highest BCUT2D eigenvalue weighted by Gasteiger charge is 2.15. The normalized spacial score (nSPS) is 10.5. The number of nitrogens with zero attached hydrogens (tertiary/aromatic N) is 6.